The third kappa shape index (κ3) is 5.25. The number of aromatic nitrogens is 3. The van der Waals surface area contributed by atoms with Crippen LogP contribution in [0.5, 0.6) is 0 Å². The highest BCUT2D eigenvalue weighted by atomic mass is 16.2. The van der Waals surface area contributed by atoms with Crippen LogP contribution in [0.25, 0.3) is 0 Å². The Bertz CT molecular complexity index is 552. The molecule has 0 spiro atoms. The third-order valence-electron chi connectivity index (χ3n) is 3.20. The third-order valence-corrected chi connectivity index (χ3v) is 3.20. The highest BCUT2D eigenvalue weighted by Gasteiger charge is 2.01. The van der Waals surface area contributed by atoms with Gasteiger partial charge in [-0.15, -0.1) is 10.2 Å². The molecular formula is C15H21N5O. The monoisotopic (exact) mass is 287 g/mol. The summed E-state index contributed by atoms with van der Waals surface area (Å²) in [6.07, 6.45) is 5.70. The van der Waals surface area contributed by atoms with Crippen molar-refractivity contribution in [1.82, 2.24) is 20.1 Å². The largest absolute Gasteiger partial charge is 0.338 e. The smallest absolute Gasteiger partial charge is 0.319 e. The van der Waals surface area contributed by atoms with Crippen LogP contribution < -0.4 is 10.6 Å². The molecule has 0 radical (unpaired) electrons. The quantitative estimate of drug-likeness (QED) is 0.768. The van der Waals surface area contributed by atoms with Gasteiger partial charge in [0.25, 0.3) is 0 Å². The molecule has 1 aromatic carbocycles. The zero-order valence-electron chi connectivity index (χ0n) is 12.2. The van der Waals surface area contributed by atoms with Crippen LogP contribution >= 0.6 is 0 Å². The topological polar surface area (TPSA) is 71.8 Å². The predicted molar refractivity (Wildman–Crippen MR) is 82.0 cm³/mol. The molecule has 6 heteroatoms. The van der Waals surface area contributed by atoms with Gasteiger partial charge in [-0.25, -0.2) is 4.79 Å². The first-order chi connectivity index (χ1) is 10.3. The van der Waals surface area contributed by atoms with Gasteiger partial charge in [-0.3, -0.25) is 0 Å². The summed E-state index contributed by atoms with van der Waals surface area (Å²) in [4.78, 5) is 11.6. The molecule has 0 saturated carbocycles. The Morgan fingerprint density at radius 3 is 2.71 bits per heavy atom. The lowest BCUT2D eigenvalue weighted by Crippen LogP contribution is -2.29. The van der Waals surface area contributed by atoms with E-state index in [0.29, 0.717) is 6.54 Å². The molecule has 0 saturated heterocycles. The molecule has 0 fully saturated rings. The molecule has 0 atom stereocenters. The molecule has 2 aromatic rings. The average Bonchev–Trinajstić information content (AvgIpc) is 2.89. The fourth-order valence-electron chi connectivity index (χ4n) is 2.02. The van der Waals surface area contributed by atoms with Crippen LogP contribution in [0.2, 0.25) is 0 Å². The van der Waals surface area contributed by atoms with Crippen LogP contribution in [0, 0.1) is 0 Å². The van der Waals surface area contributed by atoms with Gasteiger partial charge in [0.1, 0.15) is 12.2 Å². The summed E-state index contributed by atoms with van der Waals surface area (Å²) in [7, 11) is 1.95. The zero-order valence-corrected chi connectivity index (χ0v) is 12.2. The number of anilines is 1. The van der Waals surface area contributed by atoms with Gasteiger partial charge < -0.3 is 15.2 Å². The molecule has 0 bridgehead atoms. The van der Waals surface area contributed by atoms with Gasteiger partial charge in [-0.05, 0) is 25.0 Å². The maximum absolute atomic E-state index is 11.6. The van der Waals surface area contributed by atoms with Gasteiger partial charge in [0.05, 0.1) is 0 Å². The van der Waals surface area contributed by atoms with E-state index in [4.69, 9.17) is 0 Å². The van der Waals surface area contributed by atoms with Crippen LogP contribution in [-0.4, -0.2) is 27.3 Å². The Morgan fingerprint density at radius 2 is 2.00 bits per heavy atom. The summed E-state index contributed by atoms with van der Waals surface area (Å²) >= 11 is 0. The normalized spacial score (nSPS) is 10.3. The number of amides is 2. The molecule has 0 aliphatic rings. The fraction of sp³-hybridized carbons (Fsp3) is 0.400. The van der Waals surface area contributed by atoms with Crippen molar-refractivity contribution in [2.24, 2.45) is 7.05 Å². The lowest BCUT2D eigenvalue weighted by Gasteiger charge is -2.07. The van der Waals surface area contributed by atoms with Crippen LogP contribution in [0.15, 0.2) is 36.7 Å². The molecule has 2 rings (SSSR count). The van der Waals surface area contributed by atoms with Crippen molar-refractivity contribution < 1.29 is 4.79 Å². The molecule has 1 heterocycles. The molecule has 2 amide bonds. The van der Waals surface area contributed by atoms with Gasteiger partial charge in [0, 0.05) is 25.7 Å². The number of unbranched alkanes of at least 4 members (excludes halogenated alkanes) is 2. The highest BCUT2D eigenvalue weighted by Crippen LogP contribution is 2.05. The average molecular weight is 287 g/mol. The van der Waals surface area contributed by atoms with E-state index in [1.54, 1.807) is 6.33 Å². The molecule has 21 heavy (non-hydrogen) atoms. The Balaban J connectivity index is 1.53. The second kappa shape index (κ2) is 8.04. The van der Waals surface area contributed by atoms with Crippen molar-refractivity contribution in [3.05, 3.63) is 42.5 Å². The van der Waals surface area contributed by atoms with Gasteiger partial charge >= 0.3 is 6.03 Å². The number of benzene rings is 1. The molecule has 6 nitrogen and oxygen atoms in total. The number of hydrogen-bond acceptors (Lipinski definition) is 3. The molecule has 0 aliphatic heterocycles. The van der Waals surface area contributed by atoms with Crippen molar-refractivity contribution in [3.8, 4) is 0 Å². The molecule has 0 unspecified atom stereocenters. The molecule has 2 N–H and O–H groups in total. The van der Waals surface area contributed by atoms with E-state index in [1.165, 1.54) is 0 Å². The van der Waals surface area contributed by atoms with E-state index in [1.807, 2.05) is 41.9 Å². The van der Waals surface area contributed by atoms with Crippen molar-refractivity contribution in [2.45, 2.75) is 25.7 Å². The van der Waals surface area contributed by atoms with Crippen LogP contribution in [0.4, 0.5) is 10.5 Å². The molecule has 0 aliphatic carbocycles. The standard InChI is InChI=1S/C15H21N5O/c1-20-12-17-19-14(20)10-6-3-7-11-16-15(21)18-13-8-4-2-5-9-13/h2,4-5,8-9,12H,3,6-7,10-11H2,1H3,(H2,16,18,21). The summed E-state index contributed by atoms with van der Waals surface area (Å²) < 4.78 is 1.94. The van der Waals surface area contributed by atoms with E-state index in [9.17, 15) is 4.79 Å². The maximum atomic E-state index is 11.6. The number of carbonyl (C=O) groups is 1. The van der Waals surface area contributed by atoms with Crippen molar-refractivity contribution in [2.75, 3.05) is 11.9 Å². The Morgan fingerprint density at radius 1 is 1.19 bits per heavy atom. The Labute approximate surface area is 124 Å². The number of nitrogens with zero attached hydrogens (tertiary/aromatic N) is 3. The summed E-state index contributed by atoms with van der Waals surface area (Å²) in [6.45, 7) is 0.678. The SMILES string of the molecule is Cn1cnnc1CCCCCNC(=O)Nc1ccccc1. The first kappa shape index (κ1) is 15.0. The summed E-state index contributed by atoms with van der Waals surface area (Å²) in [5.41, 5.74) is 0.803. The highest BCUT2D eigenvalue weighted by molar-refractivity contribution is 5.89. The fourth-order valence-corrected chi connectivity index (χ4v) is 2.02. The van der Waals surface area contributed by atoms with Gasteiger partial charge in [-0.1, -0.05) is 24.6 Å². The minimum Gasteiger partial charge on any atom is -0.338 e. The number of carbonyl (C=O) groups excluding carboxylic acids is 1. The first-order valence-electron chi connectivity index (χ1n) is 7.18. The maximum Gasteiger partial charge on any atom is 0.319 e. The number of para-hydroxylation sites is 1. The van der Waals surface area contributed by atoms with E-state index in [-0.39, 0.29) is 6.03 Å². The number of hydrogen-bond donors (Lipinski definition) is 2. The van der Waals surface area contributed by atoms with E-state index in [0.717, 1.165) is 37.2 Å². The summed E-state index contributed by atoms with van der Waals surface area (Å²) in [5.74, 6) is 1.00. The summed E-state index contributed by atoms with van der Waals surface area (Å²) in [5, 5.41) is 13.5. The minimum atomic E-state index is -0.158. The Kier molecular flexibility index (Phi) is 5.75. The van der Waals surface area contributed by atoms with E-state index < -0.39 is 0 Å². The number of rotatable bonds is 7. The molecule has 1 aromatic heterocycles. The zero-order chi connectivity index (χ0) is 14.9. The summed E-state index contributed by atoms with van der Waals surface area (Å²) in [6, 6.07) is 9.26. The van der Waals surface area contributed by atoms with Gasteiger partial charge in [-0.2, -0.15) is 0 Å². The van der Waals surface area contributed by atoms with Crippen LogP contribution in [0.3, 0.4) is 0 Å². The van der Waals surface area contributed by atoms with Crippen LogP contribution in [-0.2, 0) is 13.5 Å². The second-order valence-electron chi connectivity index (χ2n) is 4.92. The predicted octanol–water partition coefficient (Wildman–Crippen LogP) is 2.35. The van der Waals surface area contributed by atoms with Gasteiger partial charge in [0.2, 0.25) is 0 Å². The number of aryl methyl sites for hydroxylation is 2. The van der Waals surface area contributed by atoms with Crippen LogP contribution in [0.1, 0.15) is 25.1 Å². The lowest BCUT2D eigenvalue weighted by atomic mass is 10.2. The van der Waals surface area contributed by atoms with Crippen molar-refractivity contribution in [1.29, 1.82) is 0 Å². The van der Waals surface area contributed by atoms with E-state index >= 15 is 0 Å². The van der Waals surface area contributed by atoms with Crippen molar-refractivity contribution in [3.63, 3.8) is 0 Å². The van der Waals surface area contributed by atoms with Crippen molar-refractivity contribution >= 4 is 11.7 Å². The first-order valence-corrected chi connectivity index (χ1v) is 7.18. The second-order valence-corrected chi connectivity index (χ2v) is 4.92. The lowest BCUT2D eigenvalue weighted by molar-refractivity contribution is 0.252. The Hall–Kier alpha value is -2.37. The number of nitrogens with one attached hydrogen (secondary N) is 2. The minimum absolute atomic E-state index is 0.158. The van der Waals surface area contributed by atoms with E-state index in [2.05, 4.69) is 20.8 Å². The number of urea groups is 1. The molecule has 112 valence electrons. The van der Waals surface area contributed by atoms with Gasteiger partial charge in [0.15, 0.2) is 0 Å². The molecular weight excluding hydrogens is 266 g/mol.